The highest BCUT2D eigenvalue weighted by atomic mass is 16.5. The Balaban J connectivity index is 4.26. The smallest absolute Gasteiger partial charge is 0.326 e. The summed E-state index contributed by atoms with van der Waals surface area (Å²) in [5.41, 5.74) is 8.12. The molecule has 8 nitrogen and oxygen atoms in total. The predicted molar refractivity (Wildman–Crippen MR) is 64.6 cm³/mol. The lowest BCUT2D eigenvalue weighted by Gasteiger charge is -2.14. The van der Waals surface area contributed by atoms with Crippen LogP contribution in [0.1, 0.15) is 26.7 Å². The Morgan fingerprint density at radius 3 is 2.53 bits per heavy atom. The summed E-state index contributed by atoms with van der Waals surface area (Å²) in [5.74, 6) is -2.34. The molecule has 1 atom stereocenters. The van der Waals surface area contributed by atoms with E-state index in [1.807, 2.05) is 0 Å². The van der Waals surface area contributed by atoms with Crippen LogP contribution in [0.3, 0.4) is 0 Å². The number of carboxylic acids is 1. The molecule has 0 fully saturated rings. The first-order chi connectivity index (χ1) is 8.86. The maximum absolute atomic E-state index is 11.4. The first-order valence-electron chi connectivity index (χ1n) is 5.70. The van der Waals surface area contributed by atoms with Crippen molar-refractivity contribution in [3.63, 3.8) is 0 Å². The number of nitrogens with one attached hydrogen (secondary N) is 1. The number of hydrogen-bond acceptors (Lipinski definition) is 4. The summed E-state index contributed by atoms with van der Waals surface area (Å²) in [4.78, 5) is 35.8. The summed E-state index contributed by atoms with van der Waals surface area (Å²) in [6, 6.07) is -1.18. The Hall–Kier alpha value is -2.05. The van der Waals surface area contributed by atoms with E-state index in [1.165, 1.54) is 0 Å². The third kappa shape index (κ3) is 8.64. The molecule has 0 rings (SSSR count). The monoisotopic (exact) mass is 271 g/mol. The molecule has 2 N–H and O–H groups in total. The van der Waals surface area contributed by atoms with Gasteiger partial charge in [-0.25, -0.2) is 4.79 Å². The van der Waals surface area contributed by atoms with E-state index in [2.05, 4.69) is 10.1 Å². The number of nitrogens with zero attached hydrogens (tertiary/aromatic N) is 2. The summed E-state index contributed by atoms with van der Waals surface area (Å²) in [6.45, 7) is 3.25. The van der Waals surface area contributed by atoms with Gasteiger partial charge in [0.1, 0.15) is 12.6 Å². The molecule has 0 aromatic carbocycles. The fourth-order valence-corrected chi connectivity index (χ4v) is 1.15. The molecule has 0 radical (unpaired) electrons. The van der Waals surface area contributed by atoms with Gasteiger partial charge >= 0.3 is 12.2 Å². The lowest BCUT2D eigenvalue weighted by Crippen LogP contribution is -2.43. The molecule has 0 saturated heterocycles. The van der Waals surface area contributed by atoms with Crippen LogP contribution in [0.4, 0.5) is 0 Å². The summed E-state index contributed by atoms with van der Waals surface area (Å²) in [5, 5.41) is 11.1. The van der Waals surface area contributed by atoms with Gasteiger partial charge in [-0.3, -0.25) is 9.59 Å². The van der Waals surface area contributed by atoms with Crippen LogP contribution in [0, 0.1) is 0 Å². The number of ether oxygens (including phenoxy) is 1. The third-order valence-electron chi connectivity index (χ3n) is 2.06. The molecule has 19 heavy (non-hydrogen) atoms. The van der Waals surface area contributed by atoms with Gasteiger partial charge in [0.05, 0.1) is 6.10 Å². The van der Waals surface area contributed by atoms with E-state index in [-0.39, 0.29) is 25.6 Å². The highest BCUT2D eigenvalue weighted by molar-refractivity contribution is 6.25. The zero-order chi connectivity index (χ0) is 14.8. The molecule has 0 aromatic rings. The summed E-state index contributed by atoms with van der Waals surface area (Å²) < 4.78 is 5.02. The van der Waals surface area contributed by atoms with Crippen molar-refractivity contribution in [2.24, 2.45) is 0 Å². The first kappa shape index (κ1) is 16.9. The average molecular weight is 271 g/mol. The Morgan fingerprint density at radius 2 is 2.05 bits per heavy atom. The van der Waals surface area contributed by atoms with Crippen molar-refractivity contribution in [2.45, 2.75) is 38.8 Å². The van der Waals surface area contributed by atoms with Crippen LogP contribution in [0.2, 0.25) is 0 Å². The lowest BCUT2D eigenvalue weighted by atomic mass is 10.1. The van der Waals surface area contributed by atoms with Crippen LogP contribution in [0.25, 0.3) is 5.53 Å². The molecule has 0 aliphatic heterocycles. The number of amides is 1. The number of rotatable bonds is 9. The Bertz CT molecular complexity index is 388. The molecule has 0 unspecified atom stereocenters. The van der Waals surface area contributed by atoms with E-state index in [0.717, 1.165) is 0 Å². The van der Waals surface area contributed by atoms with Crippen molar-refractivity contribution in [2.75, 3.05) is 6.61 Å². The molecule has 0 heterocycles. The van der Waals surface area contributed by atoms with Gasteiger partial charge in [-0.15, -0.1) is 0 Å². The Labute approximate surface area is 110 Å². The van der Waals surface area contributed by atoms with Crippen LogP contribution < -0.4 is 5.32 Å². The van der Waals surface area contributed by atoms with Gasteiger partial charge in [-0.1, -0.05) is 0 Å². The van der Waals surface area contributed by atoms with Gasteiger partial charge in [-0.2, -0.15) is 4.79 Å². The van der Waals surface area contributed by atoms with Crippen molar-refractivity contribution in [1.82, 2.24) is 5.32 Å². The zero-order valence-electron chi connectivity index (χ0n) is 10.8. The van der Waals surface area contributed by atoms with Crippen molar-refractivity contribution in [1.29, 1.82) is 0 Å². The topological polar surface area (TPSA) is 129 Å². The van der Waals surface area contributed by atoms with Gasteiger partial charge in [-0.05, 0) is 20.3 Å². The van der Waals surface area contributed by atoms with Crippen LogP contribution in [-0.4, -0.2) is 52.5 Å². The molecule has 0 bridgehead atoms. The number of ketones is 1. The number of carbonyl (C=O) groups is 3. The van der Waals surface area contributed by atoms with E-state index in [0.29, 0.717) is 6.21 Å². The van der Waals surface area contributed by atoms with Crippen molar-refractivity contribution >= 4 is 23.9 Å². The minimum atomic E-state index is -1.24. The van der Waals surface area contributed by atoms with Crippen molar-refractivity contribution in [3.05, 3.63) is 5.53 Å². The summed E-state index contributed by atoms with van der Waals surface area (Å²) in [6.07, 6.45) is 0.305. The van der Waals surface area contributed by atoms with Crippen LogP contribution in [0.15, 0.2) is 0 Å². The summed E-state index contributed by atoms with van der Waals surface area (Å²) >= 11 is 0. The standard InChI is InChI=1S/C11H17N3O5/c1-7(2)19-6-10(16)14-9(11(17)18)4-3-8(15)5-13-12/h5,7,9H,3-4,6H2,1-2H3,(H,14,16)(H,17,18)/t9-/m0/s1. The summed E-state index contributed by atoms with van der Waals surface area (Å²) in [7, 11) is 0. The second-order valence-electron chi connectivity index (χ2n) is 4.07. The average Bonchev–Trinajstić information content (AvgIpc) is 2.31. The van der Waals surface area contributed by atoms with E-state index in [4.69, 9.17) is 15.4 Å². The van der Waals surface area contributed by atoms with Crippen molar-refractivity contribution < 1.29 is 29.0 Å². The van der Waals surface area contributed by atoms with Gasteiger partial charge in [0.15, 0.2) is 0 Å². The SMILES string of the molecule is CC(C)OCC(=O)N[C@@H](CCC(=O)C=[N+]=[N-])C(=O)O. The van der Waals surface area contributed by atoms with E-state index in [1.54, 1.807) is 13.8 Å². The zero-order valence-corrected chi connectivity index (χ0v) is 10.8. The molecular weight excluding hydrogens is 254 g/mol. The highest BCUT2D eigenvalue weighted by Crippen LogP contribution is 1.99. The number of carbonyl (C=O) groups excluding carboxylic acids is 2. The first-order valence-corrected chi connectivity index (χ1v) is 5.70. The van der Waals surface area contributed by atoms with Crippen LogP contribution >= 0.6 is 0 Å². The van der Waals surface area contributed by atoms with Crippen LogP contribution in [0.5, 0.6) is 0 Å². The molecule has 0 spiro atoms. The molecule has 0 aromatic heterocycles. The maximum Gasteiger partial charge on any atom is 0.326 e. The predicted octanol–water partition coefficient (Wildman–Crippen LogP) is -0.369. The molecule has 1 amide bonds. The molecule has 0 aliphatic rings. The number of aliphatic carboxylic acids is 1. The minimum Gasteiger partial charge on any atom is -0.480 e. The second kappa shape index (κ2) is 8.96. The Morgan fingerprint density at radius 1 is 1.42 bits per heavy atom. The maximum atomic E-state index is 11.4. The fraction of sp³-hybridized carbons (Fsp3) is 0.636. The highest BCUT2D eigenvalue weighted by Gasteiger charge is 2.21. The molecule has 0 aliphatic carbocycles. The van der Waals surface area contributed by atoms with Crippen LogP contribution in [-0.2, 0) is 19.1 Å². The number of carboxylic acid groups (broad SMARTS) is 1. The number of Topliss-reactive ketones (excluding diaryl/α,β-unsaturated/α-hetero) is 1. The van der Waals surface area contributed by atoms with Gasteiger partial charge in [0.25, 0.3) is 0 Å². The van der Waals surface area contributed by atoms with E-state index >= 15 is 0 Å². The third-order valence-corrected chi connectivity index (χ3v) is 2.06. The number of hydrogen-bond donors (Lipinski definition) is 2. The largest absolute Gasteiger partial charge is 0.480 e. The Kier molecular flexibility index (Phi) is 7.99. The van der Waals surface area contributed by atoms with Gasteiger partial charge < -0.3 is 20.7 Å². The fourth-order valence-electron chi connectivity index (χ4n) is 1.15. The van der Waals surface area contributed by atoms with E-state index in [9.17, 15) is 14.4 Å². The molecule has 8 heteroatoms. The lowest BCUT2D eigenvalue weighted by molar-refractivity contribution is -0.143. The quantitative estimate of drug-likeness (QED) is 0.336. The van der Waals surface area contributed by atoms with Crippen molar-refractivity contribution in [3.8, 4) is 0 Å². The second-order valence-corrected chi connectivity index (χ2v) is 4.07. The normalized spacial score (nSPS) is 11.5. The molecular formula is C11H17N3O5. The molecule has 106 valence electrons. The van der Waals surface area contributed by atoms with E-state index < -0.39 is 23.7 Å². The molecule has 0 saturated carbocycles. The minimum absolute atomic E-state index is 0.0897. The van der Waals surface area contributed by atoms with Gasteiger partial charge in [0, 0.05) is 6.42 Å². The van der Waals surface area contributed by atoms with Gasteiger partial charge in [0.2, 0.25) is 11.7 Å².